The number of carbonyl (C=O) groups excluding carboxylic acids is 1. The number of nitrogens with zero attached hydrogens (tertiary/aromatic N) is 3. The van der Waals surface area contributed by atoms with Crippen molar-refractivity contribution in [2.75, 3.05) is 10.4 Å². The van der Waals surface area contributed by atoms with Crippen molar-refractivity contribution in [3.8, 4) is 11.3 Å². The van der Waals surface area contributed by atoms with Gasteiger partial charge in [-0.25, -0.2) is 4.79 Å². The first-order valence-electron chi connectivity index (χ1n) is 7.37. The van der Waals surface area contributed by atoms with Crippen molar-refractivity contribution in [1.29, 1.82) is 0 Å². The molecule has 0 aliphatic heterocycles. The van der Waals surface area contributed by atoms with Gasteiger partial charge in [0.2, 0.25) is 0 Å². The summed E-state index contributed by atoms with van der Waals surface area (Å²) in [4.78, 5) is 16.0. The van der Waals surface area contributed by atoms with E-state index in [-0.39, 0.29) is 32.9 Å². The number of hydrogen-bond donors (Lipinski definition) is 2. The Morgan fingerprint density at radius 1 is 1.11 bits per heavy atom. The molecule has 0 aliphatic rings. The smallest absolute Gasteiger partial charge is 0.338 e. The Kier molecular flexibility index (Phi) is 5.67. The molecule has 0 unspecified atom stereocenters. The van der Waals surface area contributed by atoms with E-state index in [0.717, 1.165) is 5.01 Å². The Morgan fingerprint density at radius 3 is 2.26 bits per heavy atom. The van der Waals surface area contributed by atoms with Gasteiger partial charge in [0.25, 0.3) is 0 Å². The highest BCUT2D eigenvalue weighted by Crippen LogP contribution is 2.41. The number of amides is 2. The fraction of sp³-hybridized carbons (Fsp3) is 0.0625. The molecule has 2 amide bonds. The zero-order valence-corrected chi connectivity index (χ0v) is 16.7. The van der Waals surface area contributed by atoms with Gasteiger partial charge < -0.3 is 10.3 Å². The highest BCUT2D eigenvalue weighted by molar-refractivity contribution is 6.40. The standard InChI is InChI=1S/C16H11Cl4N5O2/c1-7-15(14(24-27-7)12-8(17)3-2-4-9(12)18)25(16(21)26)23-13-10(19)5-22-6-11(13)20/h2-6H,1H3,(H2,21,26)(H,22,23). The van der Waals surface area contributed by atoms with Crippen LogP contribution in [0.1, 0.15) is 5.76 Å². The molecule has 11 heteroatoms. The Hall–Kier alpha value is -2.19. The number of rotatable bonds is 4. The maximum absolute atomic E-state index is 12.2. The van der Waals surface area contributed by atoms with Gasteiger partial charge in [-0.2, -0.15) is 5.01 Å². The lowest BCUT2D eigenvalue weighted by atomic mass is 10.1. The number of aromatic nitrogens is 2. The van der Waals surface area contributed by atoms with Crippen LogP contribution in [0.25, 0.3) is 11.3 Å². The highest BCUT2D eigenvalue weighted by atomic mass is 35.5. The molecule has 1 aromatic carbocycles. The first-order valence-corrected chi connectivity index (χ1v) is 8.88. The van der Waals surface area contributed by atoms with Gasteiger partial charge in [-0.15, -0.1) is 0 Å². The Bertz CT molecular complexity index is 984. The zero-order valence-electron chi connectivity index (χ0n) is 13.6. The van der Waals surface area contributed by atoms with Gasteiger partial charge >= 0.3 is 6.03 Å². The number of aryl methyl sites for hydroxylation is 1. The number of hydrogen-bond acceptors (Lipinski definition) is 5. The SMILES string of the molecule is Cc1onc(-c2c(Cl)cccc2Cl)c1N(Nc1c(Cl)cncc1Cl)C(N)=O. The second kappa shape index (κ2) is 7.82. The van der Waals surface area contributed by atoms with Crippen LogP contribution in [0.15, 0.2) is 35.1 Å². The van der Waals surface area contributed by atoms with Crippen LogP contribution in [-0.2, 0) is 0 Å². The molecule has 3 aromatic rings. The number of halogens is 4. The molecule has 2 heterocycles. The van der Waals surface area contributed by atoms with Crippen LogP contribution in [0.4, 0.5) is 16.2 Å². The molecule has 0 saturated heterocycles. The summed E-state index contributed by atoms with van der Waals surface area (Å²) in [5.41, 5.74) is 9.37. The molecular weight excluding hydrogens is 436 g/mol. The molecule has 0 aliphatic carbocycles. The number of urea groups is 1. The molecule has 0 bridgehead atoms. The predicted molar refractivity (Wildman–Crippen MR) is 107 cm³/mol. The van der Waals surface area contributed by atoms with Crippen molar-refractivity contribution in [1.82, 2.24) is 10.1 Å². The average Bonchev–Trinajstić information content (AvgIpc) is 2.95. The minimum Gasteiger partial charge on any atom is -0.359 e. The van der Waals surface area contributed by atoms with Gasteiger partial charge in [0.05, 0.1) is 25.8 Å². The Labute approximate surface area is 173 Å². The van der Waals surface area contributed by atoms with Crippen molar-refractivity contribution in [3.05, 3.63) is 56.4 Å². The first-order chi connectivity index (χ1) is 12.8. The molecule has 3 rings (SSSR count). The molecule has 0 radical (unpaired) electrons. The maximum atomic E-state index is 12.2. The van der Waals surface area contributed by atoms with Gasteiger partial charge in [-0.3, -0.25) is 10.4 Å². The van der Waals surface area contributed by atoms with E-state index in [0.29, 0.717) is 15.6 Å². The summed E-state index contributed by atoms with van der Waals surface area (Å²) in [7, 11) is 0. The van der Waals surface area contributed by atoms with Gasteiger partial charge in [-0.05, 0) is 19.1 Å². The Balaban J connectivity index is 2.16. The number of hydrazine groups is 1. The lowest BCUT2D eigenvalue weighted by Crippen LogP contribution is -2.41. The monoisotopic (exact) mass is 445 g/mol. The fourth-order valence-electron chi connectivity index (χ4n) is 2.37. The molecule has 0 saturated carbocycles. The largest absolute Gasteiger partial charge is 0.359 e. The van der Waals surface area contributed by atoms with E-state index in [1.165, 1.54) is 12.4 Å². The molecule has 3 N–H and O–H groups in total. The van der Waals surface area contributed by atoms with Crippen molar-refractivity contribution >= 4 is 63.8 Å². The van der Waals surface area contributed by atoms with Crippen LogP contribution in [-0.4, -0.2) is 16.2 Å². The van der Waals surface area contributed by atoms with E-state index in [1.54, 1.807) is 25.1 Å². The van der Waals surface area contributed by atoms with Crippen LogP contribution in [0, 0.1) is 6.92 Å². The normalized spacial score (nSPS) is 10.7. The van der Waals surface area contributed by atoms with Crippen molar-refractivity contribution in [2.45, 2.75) is 6.92 Å². The summed E-state index contributed by atoms with van der Waals surface area (Å²) < 4.78 is 5.25. The fourth-order valence-corrected chi connectivity index (χ4v) is 3.40. The van der Waals surface area contributed by atoms with Crippen molar-refractivity contribution in [3.63, 3.8) is 0 Å². The predicted octanol–water partition coefficient (Wildman–Crippen LogP) is 5.57. The summed E-state index contributed by atoms with van der Waals surface area (Å²) in [6, 6.07) is 4.08. The van der Waals surface area contributed by atoms with Crippen LogP contribution in [0.2, 0.25) is 20.1 Å². The number of nitrogens with one attached hydrogen (secondary N) is 1. The third-order valence-corrected chi connectivity index (χ3v) is 4.76. The van der Waals surface area contributed by atoms with E-state index in [2.05, 4.69) is 15.6 Å². The minimum absolute atomic E-state index is 0.181. The molecule has 7 nitrogen and oxygen atoms in total. The number of carbonyl (C=O) groups is 1. The number of primary amides is 1. The van der Waals surface area contributed by atoms with Crippen LogP contribution >= 0.6 is 46.4 Å². The number of benzene rings is 1. The van der Waals surface area contributed by atoms with E-state index < -0.39 is 6.03 Å². The third-order valence-electron chi connectivity index (χ3n) is 3.55. The van der Waals surface area contributed by atoms with Gasteiger partial charge in [0, 0.05) is 18.0 Å². The minimum atomic E-state index is -0.866. The van der Waals surface area contributed by atoms with E-state index >= 15 is 0 Å². The molecule has 0 fully saturated rings. The molecule has 2 aromatic heterocycles. The summed E-state index contributed by atoms with van der Waals surface area (Å²) >= 11 is 24.8. The zero-order chi connectivity index (χ0) is 19.7. The lowest BCUT2D eigenvalue weighted by Gasteiger charge is -2.23. The van der Waals surface area contributed by atoms with E-state index in [9.17, 15) is 4.79 Å². The quantitative estimate of drug-likeness (QED) is 0.510. The second-order valence-corrected chi connectivity index (χ2v) is 6.93. The average molecular weight is 447 g/mol. The summed E-state index contributed by atoms with van der Waals surface area (Å²) in [5.74, 6) is 0.286. The van der Waals surface area contributed by atoms with Gasteiger partial charge in [0.15, 0.2) is 5.76 Å². The van der Waals surface area contributed by atoms with Crippen LogP contribution < -0.4 is 16.2 Å². The van der Waals surface area contributed by atoms with Crippen LogP contribution in [0.5, 0.6) is 0 Å². The Morgan fingerprint density at radius 2 is 1.70 bits per heavy atom. The second-order valence-electron chi connectivity index (χ2n) is 5.30. The van der Waals surface area contributed by atoms with Crippen LogP contribution in [0.3, 0.4) is 0 Å². The molecule has 0 atom stereocenters. The topological polar surface area (TPSA) is 97.3 Å². The molecule has 27 heavy (non-hydrogen) atoms. The van der Waals surface area contributed by atoms with Crippen molar-refractivity contribution in [2.24, 2.45) is 5.73 Å². The number of pyridine rings is 1. The molecular formula is C16H11Cl4N5O2. The van der Waals surface area contributed by atoms with E-state index in [4.69, 9.17) is 56.7 Å². The molecule has 0 spiro atoms. The summed E-state index contributed by atoms with van der Waals surface area (Å²) in [6.07, 6.45) is 2.72. The van der Waals surface area contributed by atoms with E-state index in [1.807, 2.05) is 0 Å². The summed E-state index contributed by atoms with van der Waals surface area (Å²) in [5, 5.41) is 5.98. The highest BCUT2D eigenvalue weighted by Gasteiger charge is 2.28. The number of nitrogens with two attached hydrogens (primary N) is 1. The summed E-state index contributed by atoms with van der Waals surface area (Å²) in [6.45, 7) is 1.60. The maximum Gasteiger partial charge on any atom is 0.338 e. The van der Waals surface area contributed by atoms with Crippen molar-refractivity contribution < 1.29 is 9.32 Å². The third kappa shape index (κ3) is 3.77. The number of anilines is 2. The first kappa shape index (κ1) is 19.6. The van der Waals surface area contributed by atoms with Gasteiger partial charge in [-0.1, -0.05) is 57.6 Å². The molecule has 140 valence electrons. The van der Waals surface area contributed by atoms with Gasteiger partial charge in [0.1, 0.15) is 11.4 Å². The lowest BCUT2D eigenvalue weighted by molar-refractivity contribution is 0.255.